The van der Waals surface area contributed by atoms with Crippen LogP contribution in [-0.4, -0.2) is 17.4 Å². The maximum Gasteiger partial charge on any atom is 0.307 e. The lowest BCUT2D eigenvalue weighted by atomic mass is 10.0. The molecule has 1 atom stereocenters. The number of benzene rings is 1. The number of carbonyl (C=O) groups excluding carboxylic acids is 1. The van der Waals surface area contributed by atoms with E-state index in [2.05, 4.69) is 0 Å². The number of hydrogen-bond acceptors (Lipinski definition) is 2. The number of carboxylic acids is 1. The summed E-state index contributed by atoms with van der Waals surface area (Å²) < 4.78 is 0. The van der Waals surface area contributed by atoms with E-state index < -0.39 is 5.97 Å². The minimum atomic E-state index is -0.907. The predicted octanol–water partition coefficient (Wildman–Crippen LogP) is 2.34. The van der Waals surface area contributed by atoms with E-state index >= 15 is 0 Å². The van der Waals surface area contributed by atoms with Crippen LogP contribution in [0.2, 0.25) is 5.02 Å². The molecule has 4 heteroatoms. The zero-order chi connectivity index (χ0) is 12.1. The van der Waals surface area contributed by atoms with Crippen molar-refractivity contribution < 1.29 is 14.7 Å². The van der Waals surface area contributed by atoms with Gasteiger partial charge in [-0.3, -0.25) is 4.79 Å². The van der Waals surface area contributed by atoms with Crippen molar-refractivity contribution in [2.75, 3.05) is 0 Å². The molecule has 0 heterocycles. The standard InChI is InChI=1S/C12H13ClO3/c1-8(7-14)4-9-2-3-10(6-12(15)16)11(13)5-9/h2-3,5,7-8H,4,6H2,1H3,(H,15,16). The summed E-state index contributed by atoms with van der Waals surface area (Å²) in [5.74, 6) is -0.961. The Kier molecular flexibility index (Phi) is 4.50. The maximum absolute atomic E-state index is 10.5. The van der Waals surface area contributed by atoms with Gasteiger partial charge in [0.15, 0.2) is 0 Å². The molecule has 1 N–H and O–H groups in total. The van der Waals surface area contributed by atoms with E-state index in [9.17, 15) is 9.59 Å². The minimum Gasteiger partial charge on any atom is -0.481 e. The highest BCUT2D eigenvalue weighted by Crippen LogP contribution is 2.20. The number of halogens is 1. The van der Waals surface area contributed by atoms with Gasteiger partial charge < -0.3 is 9.90 Å². The Morgan fingerprint density at radius 3 is 2.75 bits per heavy atom. The SMILES string of the molecule is CC(C=O)Cc1ccc(CC(=O)O)c(Cl)c1. The normalized spacial score (nSPS) is 12.1. The van der Waals surface area contributed by atoms with E-state index in [0.717, 1.165) is 11.8 Å². The van der Waals surface area contributed by atoms with Crippen LogP contribution in [-0.2, 0) is 22.4 Å². The summed E-state index contributed by atoms with van der Waals surface area (Å²) in [6.45, 7) is 1.83. The van der Waals surface area contributed by atoms with Crippen molar-refractivity contribution in [3.63, 3.8) is 0 Å². The van der Waals surface area contributed by atoms with Gasteiger partial charge in [-0.05, 0) is 23.6 Å². The molecule has 0 aromatic heterocycles. The quantitative estimate of drug-likeness (QED) is 0.804. The smallest absolute Gasteiger partial charge is 0.307 e. The van der Waals surface area contributed by atoms with E-state index in [4.69, 9.17) is 16.7 Å². The van der Waals surface area contributed by atoms with Gasteiger partial charge in [0.25, 0.3) is 0 Å². The zero-order valence-corrected chi connectivity index (χ0v) is 9.70. The van der Waals surface area contributed by atoms with Crippen molar-refractivity contribution in [1.29, 1.82) is 0 Å². The lowest BCUT2D eigenvalue weighted by Crippen LogP contribution is -2.03. The molecule has 0 aliphatic carbocycles. The van der Waals surface area contributed by atoms with Crippen molar-refractivity contribution in [2.24, 2.45) is 5.92 Å². The van der Waals surface area contributed by atoms with Crippen LogP contribution in [0, 0.1) is 5.92 Å². The minimum absolute atomic E-state index is 0.0543. The van der Waals surface area contributed by atoms with Gasteiger partial charge in [0, 0.05) is 10.9 Å². The first kappa shape index (κ1) is 12.7. The number of carbonyl (C=O) groups is 2. The van der Waals surface area contributed by atoms with Crippen molar-refractivity contribution in [3.8, 4) is 0 Å². The van der Waals surface area contributed by atoms with E-state index in [-0.39, 0.29) is 12.3 Å². The lowest BCUT2D eigenvalue weighted by Gasteiger charge is -2.07. The van der Waals surface area contributed by atoms with Crippen LogP contribution < -0.4 is 0 Å². The number of aldehydes is 1. The fourth-order valence-electron chi connectivity index (χ4n) is 1.44. The van der Waals surface area contributed by atoms with Gasteiger partial charge in [0.05, 0.1) is 6.42 Å². The molecule has 0 radical (unpaired) electrons. The van der Waals surface area contributed by atoms with Crippen LogP contribution in [0.5, 0.6) is 0 Å². The second-order valence-electron chi connectivity index (χ2n) is 3.81. The van der Waals surface area contributed by atoms with Gasteiger partial charge in [-0.15, -0.1) is 0 Å². The van der Waals surface area contributed by atoms with Crippen LogP contribution in [0.4, 0.5) is 0 Å². The third-order valence-corrected chi connectivity index (χ3v) is 2.60. The molecule has 0 saturated heterocycles. The van der Waals surface area contributed by atoms with Crippen molar-refractivity contribution in [2.45, 2.75) is 19.8 Å². The number of carboxylic acid groups (broad SMARTS) is 1. The Labute approximate surface area is 99.0 Å². The third-order valence-electron chi connectivity index (χ3n) is 2.25. The molecule has 0 fully saturated rings. The predicted molar refractivity (Wildman–Crippen MR) is 61.7 cm³/mol. The van der Waals surface area contributed by atoms with Crippen LogP contribution in [0.25, 0.3) is 0 Å². The largest absolute Gasteiger partial charge is 0.481 e. The Morgan fingerprint density at radius 2 is 2.25 bits per heavy atom. The first-order valence-electron chi connectivity index (χ1n) is 4.97. The fourth-order valence-corrected chi connectivity index (χ4v) is 1.71. The second-order valence-corrected chi connectivity index (χ2v) is 4.22. The summed E-state index contributed by atoms with van der Waals surface area (Å²) in [5.41, 5.74) is 1.54. The zero-order valence-electron chi connectivity index (χ0n) is 8.94. The molecule has 1 aromatic carbocycles. The van der Waals surface area contributed by atoms with Crippen molar-refractivity contribution in [1.82, 2.24) is 0 Å². The Hall–Kier alpha value is -1.35. The molecular formula is C12H13ClO3. The highest BCUT2D eigenvalue weighted by molar-refractivity contribution is 6.31. The van der Waals surface area contributed by atoms with Crippen LogP contribution in [0.3, 0.4) is 0 Å². The highest BCUT2D eigenvalue weighted by Gasteiger charge is 2.08. The van der Waals surface area contributed by atoms with Gasteiger partial charge in [-0.2, -0.15) is 0 Å². The van der Waals surface area contributed by atoms with Crippen molar-refractivity contribution >= 4 is 23.9 Å². The van der Waals surface area contributed by atoms with Gasteiger partial charge in [-0.1, -0.05) is 30.7 Å². The topological polar surface area (TPSA) is 54.4 Å². The summed E-state index contributed by atoms with van der Waals surface area (Å²) in [5, 5.41) is 9.08. The van der Waals surface area contributed by atoms with Gasteiger partial charge in [0.1, 0.15) is 6.29 Å². The molecule has 0 aliphatic rings. The van der Waals surface area contributed by atoms with Gasteiger partial charge in [-0.25, -0.2) is 0 Å². The average molecular weight is 241 g/mol. The molecular weight excluding hydrogens is 228 g/mol. The van der Waals surface area contributed by atoms with E-state index in [0.29, 0.717) is 17.0 Å². The monoisotopic (exact) mass is 240 g/mol. The fraction of sp³-hybridized carbons (Fsp3) is 0.333. The molecule has 16 heavy (non-hydrogen) atoms. The van der Waals surface area contributed by atoms with Crippen molar-refractivity contribution in [3.05, 3.63) is 34.3 Å². The second kappa shape index (κ2) is 5.66. The van der Waals surface area contributed by atoms with Crippen LogP contribution >= 0.6 is 11.6 Å². The Morgan fingerprint density at radius 1 is 1.56 bits per heavy atom. The molecule has 1 rings (SSSR count). The third kappa shape index (κ3) is 3.66. The number of aliphatic carboxylic acids is 1. The maximum atomic E-state index is 10.5. The molecule has 0 spiro atoms. The summed E-state index contributed by atoms with van der Waals surface area (Å²) in [6, 6.07) is 5.23. The molecule has 0 aliphatic heterocycles. The molecule has 0 bridgehead atoms. The molecule has 1 aromatic rings. The lowest BCUT2D eigenvalue weighted by molar-refractivity contribution is -0.136. The highest BCUT2D eigenvalue weighted by atomic mass is 35.5. The number of rotatable bonds is 5. The molecule has 3 nitrogen and oxygen atoms in total. The van der Waals surface area contributed by atoms with Crippen LogP contribution in [0.1, 0.15) is 18.1 Å². The molecule has 1 unspecified atom stereocenters. The van der Waals surface area contributed by atoms with Gasteiger partial charge in [0.2, 0.25) is 0 Å². The van der Waals surface area contributed by atoms with E-state index in [1.54, 1.807) is 12.1 Å². The number of hydrogen-bond donors (Lipinski definition) is 1. The summed E-state index contributed by atoms with van der Waals surface area (Å²) in [4.78, 5) is 21.0. The first-order chi connectivity index (χ1) is 7.52. The molecule has 86 valence electrons. The van der Waals surface area contributed by atoms with E-state index in [1.807, 2.05) is 13.0 Å². The first-order valence-corrected chi connectivity index (χ1v) is 5.35. The van der Waals surface area contributed by atoms with Gasteiger partial charge >= 0.3 is 5.97 Å². The summed E-state index contributed by atoms with van der Waals surface area (Å²) >= 11 is 5.95. The molecule has 0 amide bonds. The van der Waals surface area contributed by atoms with E-state index in [1.165, 1.54) is 0 Å². The van der Waals surface area contributed by atoms with Crippen LogP contribution in [0.15, 0.2) is 18.2 Å². The Balaban J connectivity index is 2.82. The molecule has 0 saturated carbocycles. The summed E-state index contributed by atoms with van der Waals surface area (Å²) in [6.07, 6.45) is 1.43. The average Bonchev–Trinajstić information content (AvgIpc) is 2.21. The Bertz CT molecular complexity index is 401. The summed E-state index contributed by atoms with van der Waals surface area (Å²) in [7, 11) is 0.